The van der Waals surface area contributed by atoms with Gasteiger partial charge in [0.25, 0.3) is 5.91 Å². The van der Waals surface area contributed by atoms with Crippen LogP contribution in [0.3, 0.4) is 0 Å². The van der Waals surface area contributed by atoms with E-state index >= 15 is 0 Å². The van der Waals surface area contributed by atoms with Gasteiger partial charge in [-0.15, -0.1) is 11.3 Å². The number of carbonyl (C=O) groups is 2. The first-order valence-corrected chi connectivity index (χ1v) is 7.57. The van der Waals surface area contributed by atoms with E-state index in [1.165, 1.54) is 17.4 Å². The van der Waals surface area contributed by atoms with Crippen molar-refractivity contribution >= 4 is 33.2 Å². The summed E-state index contributed by atoms with van der Waals surface area (Å²) in [5, 5.41) is 0.511. The summed E-state index contributed by atoms with van der Waals surface area (Å²) in [6, 6.07) is 4.85. The number of rotatable bonds is 2. The highest BCUT2D eigenvalue weighted by Crippen LogP contribution is 2.34. The van der Waals surface area contributed by atoms with Gasteiger partial charge in [-0.2, -0.15) is 0 Å². The molecule has 1 aliphatic rings. The highest BCUT2D eigenvalue weighted by atomic mass is 32.1. The van der Waals surface area contributed by atoms with E-state index in [4.69, 9.17) is 5.73 Å². The van der Waals surface area contributed by atoms with E-state index in [-0.39, 0.29) is 23.5 Å². The highest BCUT2D eigenvalue weighted by molar-refractivity contribution is 7.21. The fourth-order valence-electron chi connectivity index (χ4n) is 2.78. The third-order valence-corrected chi connectivity index (χ3v) is 5.22. The number of amides is 2. The van der Waals surface area contributed by atoms with Crippen LogP contribution in [0.4, 0.5) is 4.39 Å². The molecule has 1 unspecified atom stereocenters. The van der Waals surface area contributed by atoms with Crippen LogP contribution in [-0.4, -0.2) is 29.8 Å². The van der Waals surface area contributed by atoms with E-state index in [0.29, 0.717) is 35.3 Å². The van der Waals surface area contributed by atoms with Gasteiger partial charge in [-0.25, -0.2) is 4.39 Å². The number of benzene rings is 1. The molecule has 1 fully saturated rings. The van der Waals surface area contributed by atoms with Crippen LogP contribution in [0.2, 0.25) is 0 Å². The van der Waals surface area contributed by atoms with Crippen molar-refractivity contribution in [1.29, 1.82) is 0 Å². The molecule has 6 heteroatoms. The molecule has 1 saturated heterocycles. The number of primary amides is 1. The normalized spacial score (nSPS) is 18.4. The molecular formula is C15H15FN2O2S. The Morgan fingerprint density at radius 3 is 2.81 bits per heavy atom. The van der Waals surface area contributed by atoms with Crippen molar-refractivity contribution in [3.8, 4) is 0 Å². The molecule has 1 aliphatic heterocycles. The number of carbonyl (C=O) groups excluding carboxylic acids is 2. The average Bonchev–Trinajstić information content (AvgIpc) is 3.04. The molecule has 0 radical (unpaired) electrons. The number of likely N-dealkylation sites (tertiary alicyclic amines) is 1. The molecule has 1 atom stereocenters. The maximum Gasteiger partial charge on any atom is 0.264 e. The summed E-state index contributed by atoms with van der Waals surface area (Å²) in [5.41, 5.74) is 5.95. The molecule has 0 bridgehead atoms. The summed E-state index contributed by atoms with van der Waals surface area (Å²) >= 11 is 1.30. The molecule has 0 spiro atoms. The minimum absolute atomic E-state index is 0.142. The molecule has 4 nitrogen and oxygen atoms in total. The Bertz CT molecular complexity index is 741. The van der Waals surface area contributed by atoms with Gasteiger partial charge in [0.15, 0.2) is 0 Å². The molecule has 3 rings (SSSR count). The Hall–Kier alpha value is -1.95. The van der Waals surface area contributed by atoms with Crippen molar-refractivity contribution in [3.05, 3.63) is 34.5 Å². The summed E-state index contributed by atoms with van der Waals surface area (Å²) in [7, 11) is 0. The number of hydrogen-bond acceptors (Lipinski definition) is 3. The SMILES string of the molecule is Cc1c(C(=O)N2CCC(C(N)=O)C2)sc2cccc(F)c12. The van der Waals surface area contributed by atoms with Crippen LogP contribution in [0, 0.1) is 18.7 Å². The predicted octanol–water partition coefficient (Wildman–Crippen LogP) is 2.30. The van der Waals surface area contributed by atoms with Crippen LogP contribution in [0.5, 0.6) is 0 Å². The number of thiophene rings is 1. The van der Waals surface area contributed by atoms with Gasteiger partial charge in [-0.3, -0.25) is 9.59 Å². The number of fused-ring (bicyclic) bond motifs is 1. The summed E-state index contributed by atoms with van der Waals surface area (Å²) in [5.74, 6) is -1.10. The first-order chi connectivity index (χ1) is 9.99. The van der Waals surface area contributed by atoms with E-state index in [2.05, 4.69) is 0 Å². The third kappa shape index (κ3) is 2.29. The van der Waals surface area contributed by atoms with Gasteiger partial charge in [0.2, 0.25) is 5.91 Å². The van der Waals surface area contributed by atoms with Gasteiger partial charge in [0.05, 0.1) is 10.8 Å². The summed E-state index contributed by atoms with van der Waals surface area (Å²) < 4.78 is 14.7. The first kappa shape index (κ1) is 14.0. The van der Waals surface area contributed by atoms with Crippen molar-refractivity contribution in [2.75, 3.05) is 13.1 Å². The van der Waals surface area contributed by atoms with E-state index < -0.39 is 0 Å². The van der Waals surface area contributed by atoms with E-state index in [1.54, 1.807) is 17.9 Å². The van der Waals surface area contributed by atoms with E-state index in [9.17, 15) is 14.0 Å². The molecule has 1 aromatic heterocycles. The van der Waals surface area contributed by atoms with Crippen LogP contribution in [0.15, 0.2) is 18.2 Å². The Balaban J connectivity index is 1.94. The maximum absolute atomic E-state index is 13.9. The minimum atomic E-state index is -0.371. The van der Waals surface area contributed by atoms with E-state index in [1.807, 2.05) is 6.07 Å². The lowest BCUT2D eigenvalue weighted by Crippen LogP contribution is -2.31. The van der Waals surface area contributed by atoms with Crippen LogP contribution < -0.4 is 5.73 Å². The fourth-order valence-corrected chi connectivity index (χ4v) is 3.97. The maximum atomic E-state index is 13.9. The summed E-state index contributed by atoms with van der Waals surface area (Å²) in [6.07, 6.45) is 0.597. The van der Waals surface area contributed by atoms with Crippen molar-refractivity contribution in [2.24, 2.45) is 11.7 Å². The smallest absolute Gasteiger partial charge is 0.264 e. The van der Waals surface area contributed by atoms with Crippen LogP contribution in [-0.2, 0) is 4.79 Å². The lowest BCUT2D eigenvalue weighted by molar-refractivity contribution is -0.121. The summed E-state index contributed by atoms with van der Waals surface area (Å²) in [6.45, 7) is 2.63. The van der Waals surface area contributed by atoms with Crippen molar-refractivity contribution in [3.63, 3.8) is 0 Å². The van der Waals surface area contributed by atoms with Gasteiger partial charge in [-0.1, -0.05) is 6.07 Å². The quantitative estimate of drug-likeness (QED) is 0.925. The molecule has 2 heterocycles. The van der Waals surface area contributed by atoms with Gasteiger partial charge in [0, 0.05) is 23.2 Å². The molecular weight excluding hydrogens is 291 g/mol. The number of hydrogen-bond donors (Lipinski definition) is 1. The molecule has 0 aliphatic carbocycles. The number of halogens is 1. The summed E-state index contributed by atoms with van der Waals surface area (Å²) in [4.78, 5) is 25.9. The first-order valence-electron chi connectivity index (χ1n) is 6.75. The molecule has 2 N–H and O–H groups in total. The van der Waals surface area contributed by atoms with Crippen LogP contribution in [0.1, 0.15) is 21.7 Å². The van der Waals surface area contributed by atoms with Gasteiger partial charge in [0.1, 0.15) is 5.82 Å². The predicted molar refractivity (Wildman–Crippen MR) is 79.7 cm³/mol. The van der Waals surface area contributed by atoms with Gasteiger partial charge in [-0.05, 0) is 31.0 Å². The third-order valence-electron chi connectivity index (χ3n) is 3.98. The molecule has 110 valence electrons. The van der Waals surface area contributed by atoms with Crippen molar-refractivity contribution < 1.29 is 14.0 Å². The Labute approximate surface area is 125 Å². The number of nitrogens with zero attached hydrogens (tertiary/aromatic N) is 1. The monoisotopic (exact) mass is 306 g/mol. The Morgan fingerprint density at radius 2 is 2.19 bits per heavy atom. The van der Waals surface area contributed by atoms with Gasteiger partial charge < -0.3 is 10.6 Å². The molecule has 0 saturated carbocycles. The van der Waals surface area contributed by atoms with Crippen molar-refractivity contribution in [1.82, 2.24) is 4.90 Å². The Morgan fingerprint density at radius 1 is 1.43 bits per heavy atom. The van der Waals surface area contributed by atoms with Crippen molar-refractivity contribution in [2.45, 2.75) is 13.3 Å². The zero-order chi connectivity index (χ0) is 15.1. The second-order valence-corrected chi connectivity index (χ2v) is 6.36. The second-order valence-electron chi connectivity index (χ2n) is 5.31. The lowest BCUT2D eigenvalue weighted by Gasteiger charge is -2.15. The minimum Gasteiger partial charge on any atom is -0.369 e. The topological polar surface area (TPSA) is 63.4 Å². The molecule has 1 aromatic carbocycles. The molecule has 21 heavy (non-hydrogen) atoms. The van der Waals surface area contributed by atoms with E-state index in [0.717, 1.165) is 4.70 Å². The number of aryl methyl sites for hydroxylation is 1. The lowest BCUT2D eigenvalue weighted by atomic mass is 10.1. The molecule has 2 amide bonds. The Kier molecular flexibility index (Phi) is 3.41. The van der Waals surface area contributed by atoms with Gasteiger partial charge >= 0.3 is 0 Å². The molecule has 2 aromatic rings. The average molecular weight is 306 g/mol. The number of nitrogens with two attached hydrogens (primary N) is 1. The standard InChI is InChI=1S/C15H15FN2O2S/c1-8-12-10(16)3-2-4-11(12)21-13(8)15(20)18-6-5-9(7-18)14(17)19/h2-4,9H,5-7H2,1H3,(H2,17,19). The largest absolute Gasteiger partial charge is 0.369 e. The second kappa shape index (κ2) is 5.11. The van der Waals surface area contributed by atoms with Crippen LogP contribution in [0.25, 0.3) is 10.1 Å². The fraction of sp³-hybridized carbons (Fsp3) is 0.333. The zero-order valence-electron chi connectivity index (χ0n) is 11.6. The zero-order valence-corrected chi connectivity index (χ0v) is 12.4. The van der Waals surface area contributed by atoms with Crippen LogP contribution >= 0.6 is 11.3 Å². The highest BCUT2D eigenvalue weighted by Gasteiger charge is 2.31.